The molecule has 0 aliphatic rings. The minimum atomic E-state index is -4.75. The van der Waals surface area contributed by atoms with Gasteiger partial charge in [-0.25, -0.2) is 0 Å². The summed E-state index contributed by atoms with van der Waals surface area (Å²) in [6.45, 7) is 5.67. The number of anilines is 4. The highest BCUT2D eigenvalue weighted by atomic mass is 35.5. The molecule has 5 aromatic carbocycles. The summed E-state index contributed by atoms with van der Waals surface area (Å²) in [6.07, 6.45) is -8.93. The zero-order valence-corrected chi connectivity index (χ0v) is 39.7. The summed E-state index contributed by atoms with van der Waals surface area (Å²) in [7, 11) is 0. The predicted octanol–water partition coefficient (Wildman–Crippen LogP) is 13.3. The summed E-state index contributed by atoms with van der Waals surface area (Å²) in [5, 5.41) is 24.4. The van der Waals surface area contributed by atoms with Gasteiger partial charge in [-0.3, -0.25) is 28.8 Å². The summed E-state index contributed by atoms with van der Waals surface area (Å²) in [5.41, 5.74) is -2.05. The molecule has 0 aliphatic carbocycles. The van der Waals surface area contributed by atoms with Crippen LogP contribution in [0.15, 0.2) is 105 Å². The third kappa shape index (κ3) is 13.5. The number of carbonyl (C=O) groups is 6. The highest BCUT2D eigenvalue weighted by molar-refractivity contribution is 6.37. The van der Waals surface area contributed by atoms with E-state index in [1.54, 1.807) is 13.8 Å². The normalized spacial score (nSPS) is 12.7. The average molecular weight is 1050 g/mol. The van der Waals surface area contributed by atoms with Gasteiger partial charge in [0.2, 0.25) is 12.1 Å². The van der Waals surface area contributed by atoms with Crippen molar-refractivity contribution in [3.63, 3.8) is 0 Å². The minimum Gasteiger partial charge on any atom is -0.323 e. The molecule has 0 aliphatic heterocycles. The van der Waals surface area contributed by atoms with E-state index < -0.39 is 70.8 Å². The number of azo groups is 2. The maximum absolute atomic E-state index is 13.6. The monoisotopic (exact) mass is 1050 g/mol. The number of hydrogen-bond donors (Lipinski definition) is 4. The molecule has 24 heteroatoms. The summed E-state index contributed by atoms with van der Waals surface area (Å²) in [5.74, 6) is -5.19. The number of nitrogens with zero attached hydrogens (tertiary/aromatic N) is 4. The predicted molar refractivity (Wildman–Crippen MR) is 252 cm³/mol. The Morgan fingerprint density at radius 2 is 0.886 bits per heavy atom. The van der Waals surface area contributed by atoms with Crippen LogP contribution >= 0.6 is 46.4 Å². The largest absolute Gasteiger partial charge is 0.416 e. The topological polar surface area (TPSA) is 200 Å². The second-order valence-electron chi connectivity index (χ2n) is 14.9. The molecule has 14 nitrogen and oxygen atoms in total. The van der Waals surface area contributed by atoms with Crippen LogP contribution in [0.25, 0.3) is 0 Å². The van der Waals surface area contributed by atoms with Gasteiger partial charge in [-0.15, -0.1) is 0 Å². The lowest BCUT2D eigenvalue weighted by Crippen LogP contribution is -2.33. The van der Waals surface area contributed by atoms with Gasteiger partial charge >= 0.3 is 12.4 Å². The highest BCUT2D eigenvalue weighted by Gasteiger charge is 2.33. The van der Waals surface area contributed by atoms with Crippen molar-refractivity contribution in [1.82, 2.24) is 0 Å². The second kappa shape index (κ2) is 22.8. The SMILES string of the molecule is CCc1c(NC(=O)C(N=Nc2cccc(C(=O)Nc3cc(Cl)cc(C(F)(F)F)c3)c2Cl)C(C)=O)ccc(NC(=O)C(N=Nc2cccc(C(=O)Nc3cc(Cl)cc(C(F)(F)F)c3)c2Cl)C(C)=O)c1CC. The van der Waals surface area contributed by atoms with Crippen molar-refractivity contribution < 1.29 is 55.1 Å². The number of carbonyl (C=O) groups excluding carboxylic acids is 6. The van der Waals surface area contributed by atoms with E-state index in [0.717, 1.165) is 26.0 Å². The Morgan fingerprint density at radius 1 is 0.529 bits per heavy atom. The van der Waals surface area contributed by atoms with Crippen LogP contribution in [-0.4, -0.2) is 47.3 Å². The lowest BCUT2D eigenvalue weighted by atomic mass is 9.98. The molecule has 0 radical (unpaired) electrons. The molecule has 4 N–H and O–H groups in total. The summed E-state index contributed by atoms with van der Waals surface area (Å²) < 4.78 is 79.9. The van der Waals surface area contributed by atoms with Crippen LogP contribution in [0.2, 0.25) is 20.1 Å². The summed E-state index contributed by atoms with van der Waals surface area (Å²) in [6, 6.07) is 12.1. The van der Waals surface area contributed by atoms with Crippen LogP contribution in [0.4, 0.5) is 60.5 Å². The summed E-state index contributed by atoms with van der Waals surface area (Å²) in [4.78, 5) is 78.8. The fraction of sp³-hybridized carbons (Fsp3) is 0.217. The van der Waals surface area contributed by atoms with Crippen molar-refractivity contribution in [2.24, 2.45) is 20.5 Å². The van der Waals surface area contributed by atoms with E-state index in [0.29, 0.717) is 35.4 Å². The molecule has 5 aromatic rings. The number of alkyl halides is 6. The molecule has 5 rings (SSSR count). The van der Waals surface area contributed by atoms with E-state index in [4.69, 9.17) is 46.4 Å². The minimum absolute atomic E-state index is 0.163. The van der Waals surface area contributed by atoms with Crippen LogP contribution in [-0.2, 0) is 44.4 Å². The van der Waals surface area contributed by atoms with E-state index >= 15 is 0 Å². The van der Waals surface area contributed by atoms with E-state index in [1.165, 1.54) is 48.5 Å². The Balaban J connectivity index is 1.31. The number of nitrogens with one attached hydrogen (secondary N) is 4. The number of benzene rings is 5. The van der Waals surface area contributed by atoms with Gasteiger partial charge in [-0.2, -0.15) is 46.8 Å². The zero-order valence-electron chi connectivity index (χ0n) is 36.7. The molecular weight excluding hydrogens is 1020 g/mol. The van der Waals surface area contributed by atoms with Crippen molar-refractivity contribution in [1.29, 1.82) is 0 Å². The van der Waals surface area contributed by atoms with E-state index in [2.05, 4.69) is 41.7 Å². The first-order valence-electron chi connectivity index (χ1n) is 20.4. The molecule has 0 spiro atoms. The van der Waals surface area contributed by atoms with E-state index in [1.807, 2.05) is 0 Å². The molecule has 70 heavy (non-hydrogen) atoms. The fourth-order valence-corrected chi connectivity index (χ4v) is 7.58. The molecule has 2 unspecified atom stereocenters. The lowest BCUT2D eigenvalue weighted by Gasteiger charge is -2.20. The van der Waals surface area contributed by atoms with E-state index in [-0.39, 0.29) is 78.2 Å². The van der Waals surface area contributed by atoms with Crippen LogP contribution in [0.3, 0.4) is 0 Å². The fourth-order valence-electron chi connectivity index (χ4n) is 6.61. The molecule has 0 bridgehead atoms. The van der Waals surface area contributed by atoms with Crippen LogP contribution in [0.5, 0.6) is 0 Å². The Morgan fingerprint density at radius 3 is 1.20 bits per heavy atom. The molecule has 0 saturated heterocycles. The van der Waals surface area contributed by atoms with Gasteiger partial charge in [0.15, 0.2) is 11.6 Å². The van der Waals surface area contributed by atoms with Crippen molar-refractivity contribution in [3.8, 4) is 0 Å². The maximum Gasteiger partial charge on any atom is 0.416 e. The molecule has 0 heterocycles. The van der Waals surface area contributed by atoms with Gasteiger partial charge in [-0.05, 0) is 111 Å². The Labute approximate surface area is 414 Å². The maximum atomic E-state index is 13.6. The number of hydrogen-bond acceptors (Lipinski definition) is 10. The number of rotatable bonds is 16. The number of Topliss-reactive ketones (excluding diaryl/α,β-unsaturated/α-hetero) is 2. The van der Waals surface area contributed by atoms with Gasteiger partial charge in [0.05, 0.1) is 32.3 Å². The zero-order chi connectivity index (χ0) is 51.8. The number of ketones is 2. The molecule has 4 amide bonds. The molecule has 366 valence electrons. The molecule has 0 fully saturated rings. The van der Waals surface area contributed by atoms with E-state index in [9.17, 15) is 55.1 Å². The smallest absolute Gasteiger partial charge is 0.323 e. The van der Waals surface area contributed by atoms with Gasteiger partial charge in [0.1, 0.15) is 11.4 Å². The van der Waals surface area contributed by atoms with Crippen LogP contribution in [0.1, 0.15) is 70.7 Å². The third-order valence-electron chi connectivity index (χ3n) is 9.89. The lowest BCUT2D eigenvalue weighted by molar-refractivity contribution is -0.138. The van der Waals surface area contributed by atoms with Crippen molar-refractivity contribution in [3.05, 3.63) is 138 Å². The molecular formula is C46H36Cl4F6N8O6. The number of amides is 4. The Kier molecular flexibility index (Phi) is 17.6. The van der Waals surface area contributed by atoms with Gasteiger partial charge in [0.25, 0.3) is 23.6 Å². The van der Waals surface area contributed by atoms with Crippen LogP contribution in [0, 0.1) is 0 Å². The second-order valence-corrected chi connectivity index (χ2v) is 16.5. The van der Waals surface area contributed by atoms with Crippen molar-refractivity contribution in [2.75, 3.05) is 21.3 Å². The first-order valence-corrected chi connectivity index (χ1v) is 21.9. The highest BCUT2D eigenvalue weighted by Crippen LogP contribution is 2.37. The van der Waals surface area contributed by atoms with Crippen molar-refractivity contribution in [2.45, 2.75) is 65.0 Å². The van der Waals surface area contributed by atoms with Crippen molar-refractivity contribution >= 4 is 116 Å². The van der Waals surface area contributed by atoms with Crippen LogP contribution < -0.4 is 21.3 Å². The van der Waals surface area contributed by atoms with Gasteiger partial charge in [-0.1, -0.05) is 72.4 Å². The standard InChI is InChI=1S/C46H36Cl4F6N8O6/c1-5-29-30(6-2)34(60-44(70)40(22(4)66)64-62-36-12-8-10-32(38(36)50)42(68)58-28-18-24(46(54,55)56)16-26(48)20-28)14-13-33(29)59-43(69)39(21(3)65)63-61-35-11-7-9-31(37(35)49)41(67)57-27-17-23(45(51,52)53)15-25(47)19-27/h7-20,39-40H,5-6H2,1-4H3,(H,57,67)(H,58,68)(H,59,69)(H,60,70). The molecule has 0 saturated carbocycles. The average Bonchev–Trinajstić information content (AvgIpc) is 3.26. The first-order chi connectivity index (χ1) is 32.8. The quantitative estimate of drug-likeness (QED) is 0.0430. The molecule has 0 aromatic heterocycles. The van der Waals surface area contributed by atoms with Gasteiger partial charge in [0, 0.05) is 32.8 Å². The Bertz CT molecular complexity index is 2770. The number of halogens is 10. The van der Waals surface area contributed by atoms with Gasteiger partial charge < -0.3 is 21.3 Å². The molecule has 2 atom stereocenters. The first kappa shape index (κ1) is 54.2. The summed E-state index contributed by atoms with van der Waals surface area (Å²) >= 11 is 24.5. The third-order valence-corrected chi connectivity index (χ3v) is 11.1. The Hall–Kier alpha value is -6.74.